The maximum absolute atomic E-state index is 4.33. The summed E-state index contributed by atoms with van der Waals surface area (Å²) in [4.78, 5) is 6.68. The molecule has 0 aliphatic carbocycles. The van der Waals surface area contributed by atoms with Crippen LogP contribution in [0.15, 0.2) is 24.4 Å². The highest BCUT2D eigenvalue weighted by atomic mass is 15.3. The van der Waals surface area contributed by atoms with Gasteiger partial charge in [0.15, 0.2) is 0 Å². The predicted octanol–water partition coefficient (Wildman–Crippen LogP) is 0.491. The van der Waals surface area contributed by atoms with Gasteiger partial charge >= 0.3 is 0 Å². The van der Waals surface area contributed by atoms with Gasteiger partial charge in [0, 0.05) is 37.8 Å². The van der Waals surface area contributed by atoms with Gasteiger partial charge < -0.3 is 10.2 Å². The summed E-state index contributed by atoms with van der Waals surface area (Å²) in [6.07, 6.45) is 1.86. The fourth-order valence-corrected chi connectivity index (χ4v) is 2.17. The maximum atomic E-state index is 4.33. The van der Waals surface area contributed by atoms with E-state index in [2.05, 4.69) is 21.3 Å². The zero-order valence-corrected chi connectivity index (χ0v) is 7.53. The first-order valence-electron chi connectivity index (χ1n) is 4.75. The van der Waals surface area contributed by atoms with E-state index in [1.807, 2.05) is 18.3 Å². The number of pyridine rings is 1. The van der Waals surface area contributed by atoms with Crippen molar-refractivity contribution >= 4 is 5.82 Å². The third-order valence-corrected chi connectivity index (χ3v) is 3.03. The predicted molar refractivity (Wildman–Crippen MR) is 51.8 cm³/mol. The number of hydrogen-bond donors (Lipinski definition) is 1. The van der Waals surface area contributed by atoms with Crippen molar-refractivity contribution in [2.24, 2.45) is 5.41 Å². The van der Waals surface area contributed by atoms with Crippen molar-refractivity contribution in [1.82, 2.24) is 10.3 Å². The minimum Gasteiger partial charge on any atom is -0.355 e. The van der Waals surface area contributed by atoms with Gasteiger partial charge in [0.1, 0.15) is 5.82 Å². The topological polar surface area (TPSA) is 28.2 Å². The quantitative estimate of drug-likeness (QED) is 0.673. The molecule has 0 saturated carbocycles. The second-order valence-corrected chi connectivity index (χ2v) is 4.15. The highest BCUT2D eigenvalue weighted by Gasteiger charge is 2.47. The molecule has 2 fully saturated rings. The number of aromatic nitrogens is 1. The molecule has 1 N–H and O–H groups in total. The van der Waals surface area contributed by atoms with Crippen molar-refractivity contribution in [3.05, 3.63) is 24.4 Å². The summed E-state index contributed by atoms with van der Waals surface area (Å²) in [5, 5.41) is 3.33. The van der Waals surface area contributed by atoms with Crippen molar-refractivity contribution in [3.63, 3.8) is 0 Å². The Morgan fingerprint density at radius 2 is 2.15 bits per heavy atom. The zero-order chi connectivity index (χ0) is 8.73. The summed E-state index contributed by atoms with van der Waals surface area (Å²) in [6.45, 7) is 4.74. The number of anilines is 1. The Kier molecular flexibility index (Phi) is 1.38. The summed E-state index contributed by atoms with van der Waals surface area (Å²) < 4.78 is 0. The molecule has 2 aliphatic heterocycles. The lowest BCUT2D eigenvalue weighted by Crippen LogP contribution is -2.71. The fraction of sp³-hybridized carbons (Fsp3) is 0.500. The molecule has 3 heteroatoms. The van der Waals surface area contributed by atoms with E-state index in [9.17, 15) is 0 Å². The Morgan fingerprint density at radius 3 is 2.69 bits per heavy atom. The van der Waals surface area contributed by atoms with Crippen molar-refractivity contribution < 1.29 is 0 Å². The second-order valence-electron chi connectivity index (χ2n) is 4.15. The second kappa shape index (κ2) is 2.45. The zero-order valence-electron chi connectivity index (χ0n) is 7.53. The van der Waals surface area contributed by atoms with Crippen molar-refractivity contribution in [2.75, 3.05) is 31.1 Å². The first-order valence-corrected chi connectivity index (χ1v) is 4.75. The number of hydrogen-bond acceptors (Lipinski definition) is 3. The van der Waals surface area contributed by atoms with Crippen LogP contribution in [0.3, 0.4) is 0 Å². The minimum absolute atomic E-state index is 0.595. The lowest BCUT2D eigenvalue weighted by Gasteiger charge is -2.56. The van der Waals surface area contributed by atoms with Gasteiger partial charge in [-0.25, -0.2) is 4.98 Å². The van der Waals surface area contributed by atoms with Crippen LogP contribution < -0.4 is 10.2 Å². The third-order valence-electron chi connectivity index (χ3n) is 3.03. The molecule has 3 nitrogen and oxygen atoms in total. The van der Waals surface area contributed by atoms with Crippen molar-refractivity contribution in [2.45, 2.75) is 0 Å². The lowest BCUT2D eigenvalue weighted by atomic mass is 9.74. The smallest absolute Gasteiger partial charge is 0.128 e. The first-order chi connectivity index (χ1) is 6.38. The molecule has 3 heterocycles. The Hall–Kier alpha value is -1.09. The van der Waals surface area contributed by atoms with E-state index in [1.165, 1.54) is 26.2 Å². The molecule has 1 spiro atoms. The Balaban J connectivity index is 1.71. The molecule has 0 unspecified atom stereocenters. The van der Waals surface area contributed by atoms with E-state index in [4.69, 9.17) is 0 Å². The van der Waals surface area contributed by atoms with Crippen LogP contribution in [-0.2, 0) is 0 Å². The van der Waals surface area contributed by atoms with E-state index in [0.29, 0.717) is 5.41 Å². The number of rotatable bonds is 1. The highest BCUT2D eigenvalue weighted by Crippen LogP contribution is 2.36. The van der Waals surface area contributed by atoms with Crippen LogP contribution in [0, 0.1) is 5.41 Å². The van der Waals surface area contributed by atoms with Gasteiger partial charge in [0.25, 0.3) is 0 Å². The molecular formula is C10H13N3. The highest BCUT2D eigenvalue weighted by molar-refractivity contribution is 5.43. The van der Waals surface area contributed by atoms with Gasteiger partial charge in [-0.1, -0.05) is 6.07 Å². The van der Waals surface area contributed by atoms with Crippen LogP contribution in [0.1, 0.15) is 0 Å². The maximum Gasteiger partial charge on any atom is 0.128 e. The molecule has 2 aliphatic rings. The summed E-state index contributed by atoms with van der Waals surface area (Å²) in [5.41, 5.74) is 0.595. The van der Waals surface area contributed by atoms with E-state index in [0.717, 1.165) is 5.82 Å². The van der Waals surface area contributed by atoms with E-state index in [1.54, 1.807) is 0 Å². The summed E-state index contributed by atoms with van der Waals surface area (Å²) in [6, 6.07) is 6.09. The van der Waals surface area contributed by atoms with Gasteiger partial charge in [-0.15, -0.1) is 0 Å². The minimum atomic E-state index is 0.595. The molecule has 0 amide bonds. The Morgan fingerprint density at radius 1 is 1.31 bits per heavy atom. The van der Waals surface area contributed by atoms with E-state index < -0.39 is 0 Å². The largest absolute Gasteiger partial charge is 0.355 e. The molecule has 68 valence electrons. The Labute approximate surface area is 77.8 Å². The molecule has 13 heavy (non-hydrogen) atoms. The van der Waals surface area contributed by atoms with Gasteiger partial charge in [0.2, 0.25) is 0 Å². The summed E-state index contributed by atoms with van der Waals surface area (Å²) in [5.74, 6) is 1.13. The summed E-state index contributed by atoms with van der Waals surface area (Å²) >= 11 is 0. The monoisotopic (exact) mass is 175 g/mol. The molecule has 1 aromatic heterocycles. The molecule has 0 radical (unpaired) electrons. The number of nitrogens with one attached hydrogen (secondary N) is 1. The van der Waals surface area contributed by atoms with Crippen LogP contribution in [-0.4, -0.2) is 31.2 Å². The third kappa shape index (κ3) is 1.04. The molecular weight excluding hydrogens is 162 g/mol. The van der Waals surface area contributed by atoms with E-state index >= 15 is 0 Å². The molecule has 0 bridgehead atoms. The molecule has 2 saturated heterocycles. The SMILES string of the molecule is c1ccc(N2CC3(CNC3)C2)nc1. The van der Waals surface area contributed by atoms with Crippen LogP contribution in [0.4, 0.5) is 5.82 Å². The standard InChI is InChI=1S/C10H13N3/c1-2-4-12-9(3-1)13-7-10(8-13)5-11-6-10/h1-4,11H,5-8H2. The lowest BCUT2D eigenvalue weighted by molar-refractivity contribution is 0.120. The fourth-order valence-electron chi connectivity index (χ4n) is 2.17. The molecule has 0 aromatic carbocycles. The van der Waals surface area contributed by atoms with Crippen molar-refractivity contribution in [1.29, 1.82) is 0 Å². The Bertz CT molecular complexity index is 297. The van der Waals surface area contributed by atoms with E-state index in [-0.39, 0.29) is 0 Å². The normalized spacial score (nSPS) is 23.8. The van der Waals surface area contributed by atoms with Gasteiger partial charge in [0.05, 0.1) is 0 Å². The molecule has 3 rings (SSSR count). The van der Waals surface area contributed by atoms with Crippen LogP contribution >= 0.6 is 0 Å². The van der Waals surface area contributed by atoms with Gasteiger partial charge in [-0.2, -0.15) is 0 Å². The van der Waals surface area contributed by atoms with Gasteiger partial charge in [-0.05, 0) is 12.1 Å². The van der Waals surface area contributed by atoms with Crippen molar-refractivity contribution in [3.8, 4) is 0 Å². The first kappa shape index (κ1) is 7.33. The average Bonchev–Trinajstić information content (AvgIpc) is 2.01. The van der Waals surface area contributed by atoms with Gasteiger partial charge in [-0.3, -0.25) is 0 Å². The molecule has 1 aromatic rings. The molecule has 0 atom stereocenters. The average molecular weight is 175 g/mol. The van der Waals surface area contributed by atoms with Crippen LogP contribution in [0.5, 0.6) is 0 Å². The number of nitrogens with zero attached hydrogens (tertiary/aromatic N) is 2. The summed E-state index contributed by atoms with van der Waals surface area (Å²) in [7, 11) is 0. The van der Waals surface area contributed by atoms with Crippen LogP contribution in [0.2, 0.25) is 0 Å². The van der Waals surface area contributed by atoms with Crippen LogP contribution in [0.25, 0.3) is 0 Å².